The van der Waals surface area contributed by atoms with Crippen molar-refractivity contribution >= 4 is 34.5 Å². The second-order valence-electron chi connectivity index (χ2n) is 4.53. The van der Waals surface area contributed by atoms with Gasteiger partial charge in [0, 0.05) is 9.75 Å². The van der Waals surface area contributed by atoms with Gasteiger partial charge in [-0.3, -0.25) is 0 Å². The van der Waals surface area contributed by atoms with Gasteiger partial charge >= 0.3 is 0 Å². The quantitative estimate of drug-likeness (QED) is 0.800. The van der Waals surface area contributed by atoms with E-state index in [9.17, 15) is 0 Å². The summed E-state index contributed by atoms with van der Waals surface area (Å²) in [5.41, 5.74) is 2.47. The molecule has 1 unspecified atom stereocenters. The van der Waals surface area contributed by atoms with Gasteiger partial charge in [-0.2, -0.15) is 0 Å². The molecule has 2 aromatic rings. The van der Waals surface area contributed by atoms with Gasteiger partial charge < -0.3 is 5.32 Å². The third-order valence-corrected chi connectivity index (χ3v) is 4.80. The second kappa shape index (κ2) is 6.27. The molecule has 0 radical (unpaired) electrons. The molecule has 1 aromatic carbocycles. The lowest BCUT2D eigenvalue weighted by atomic mass is 9.99. The fourth-order valence-corrected chi connectivity index (χ4v) is 3.51. The molecular formula is C15H17Cl2NS. The normalized spacial score (nSPS) is 12.7. The first-order valence-corrected chi connectivity index (χ1v) is 7.85. The molecule has 0 bridgehead atoms. The number of hydrogen-bond acceptors (Lipinski definition) is 2. The molecule has 0 saturated carbocycles. The topological polar surface area (TPSA) is 12.0 Å². The van der Waals surface area contributed by atoms with Crippen LogP contribution in [0.3, 0.4) is 0 Å². The van der Waals surface area contributed by atoms with Crippen molar-refractivity contribution in [3.05, 3.63) is 55.2 Å². The summed E-state index contributed by atoms with van der Waals surface area (Å²) in [7, 11) is 0. The second-order valence-corrected chi connectivity index (χ2v) is 6.81. The first-order chi connectivity index (χ1) is 9.02. The summed E-state index contributed by atoms with van der Waals surface area (Å²) in [5.74, 6) is 0. The van der Waals surface area contributed by atoms with Gasteiger partial charge in [-0.05, 0) is 49.7 Å². The lowest BCUT2D eigenvalue weighted by Gasteiger charge is -2.19. The highest BCUT2D eigenvalue weighted by Crippen LogP contribution is 2.33. The lowest BCUT2D eigenvalue weighted by Crippen LogP contribution is -2.22. The van der Waals surface area contributed by atoms with Crippen molar-refractivity contribution in [2.45, 2.75) is 26.8 Å². The first kappa shape index (κ1) is 14.9. The molecule has 1 N–H and O–H groups in total. The molecule has 0 fully saturated rings. The highest BCUT2D eigenvalue weighted by atomic mass is 35.5. The predicted octanol–water partition coefficient (Wildman–Crippen LogP) is 5.37. The Kier molecular flexibility index (Phi) is 4.91. The standard InChI is InChI=1S/C15H17Cl2NS/c1-4-18-15(12-7-9(2)19-10(12)3)11-5-6-13(16)14(17)8-11/h5-8,15,18H,4H2,1-3H3. The van der Waals surface area contributed by atoms with Gasteiger partial charge in [0.05, 0.1) is 16.1 Å². The van der Waals surface area contributed by atoms with Crippen LogP contribution in [-0.4, -0.2) is 6.54 Å². The highest BCUT2D eigenvalue weighted by Gasteiger charge is 2.17. The van der Waals surface area contributed by atoms with Crippen molar-refractivity contribution < 1.29 is 0 Å². The van der Waals surface area contributed by atoms with Gasteiger partial charge in [0.2, 0.25) is 0 Å². The molecule has 0 saturated heterocycles. The van der Waals surface area contributed by atoms with E-state index in [-0.39, 0.29) is 6.04 Å². The van der Waals surface area contributed by atoms with Crippen LogP contribution in [0.2, 0.25) is 10.0 Å². The van der Waals surface area contributed by atoms with Gasteiger partial charge in [-0.15, -0.1) is 11.3 Å². The van der Waals surface area contributed by atoms with Crippen LogP contribution in [0.4, 0.5) is 0 Å². The van der Waals surface area contributed by atoms with Gasteiger partial charge in [0.25, 0.3) is 0 Å². The zero-order valence-electron chi connectivity index (χ0n) is 11.3. The van der Waals surface area contributed by atoms with E-state index in [0.717, 1.165) is 12.1 Å². The number of halogens is 2. The number of benzene rings is 1. The maximum Gasteiger partial charge on any atom is 0.0595 e. The summed E-state index contributed by atoms with van der Waals surface area (Å²) in [6.45, 7) is 7.31. The molecule has 0 aliphatic rings. The van der Waals surface area contributed by atoms with Crippen LogP contribution in [0, 0.1) is 13.8 Å². The van der Waals surface area contributed by atoms with Crippen molar-refractivity contribution in [3.63, 3.8) is 0 Å². The van der Waals surface area contributed by atoms with Gasteiger partial charge in [0.1, 0.15) is 0 Å². The minimum Gasteiger partial charge on any atom is -0.306 e. The number of aryl methyl sites for hydroxylation is 2. The van der Waals surface area contributed by atoms with Gasteiger partial charge in [-0.25, -0.2) is 0 Å². The Labute approximate surface area is 128 Å². The average Bonchev–Trinajstić information content (AvgIpc) is 2.69. The first-order valence-electron chi connectivity index (χ1n) is 6.28. The van der Waals surface area contributed by atoms with Crippen LogP contribution in [0.1, 0.15) is 33.8 Å². The summed E-state index contributed by atoms with van der Waals surface area (Å²) >= 11 is 14.0. The molecule has 2 rings (SSSR count). The third-order valence-electron chi connectivity index (χ3n) is 3.08. The zero-order chi connectivity index (χ0) is 14.0. The molecule has 0 spiro atoms. The molecule has 1 aromatic heterocycles. The molecule has 0 aliphatic carbocycles. The SMILES string of the molecule is CCNC(c1ccc(Cl)c(Cl)c1)c1cc(C)sc1C. The summed E-state index contributed by atoms with van der Waals surface area (Å²) in [5, 5.41) is 4.72. The van der Waals surface area contributed by atoms with Crippen molar-refractivity contribution in [2.24, 2.45) is 0 Å². The molecule has 0 aliphatic heterocycles. The number of thiophene rings is 1. The Morgan fingerprint density at radius 1 is 1.16 bits per heavy atom. The number of hydrogen-bond donors (Lipinski definition) is 1. The molecule has 1 atom stereocenters. The van der Waals surface area contributed by atoms with Gasteiger partial charge in [0.15, 0.2) is 0 Å². The molecule has 1 heterocycles. The highest BCUT2D eigenvalue weighted by molar-refractivity contribution is 7.12. The van der Waals surface area contributed by atoms with E-state index in [1.165, 1.54) is 15.3 Å². The van der Waals surface area contributed by atoms with Crippen LogP contribution >= 0.6 is 34.5 Å². The Balaban J connectivity index is 2.44. The van der Waals surface area contributed by atoms with E-state index < -0.39 is 0 Å². The third kappa shape index (κ3) is 3.32. The summed E-state index contributed by atoms with van der Waals surface area (Å²) in [6.07, 6.45) is 0. The number of nitrogens with one attached hydrogen (secondary N) is 1. The summed E-state index contributed by atoms with van der Waals surface area (Å²) < 4.78 is 0. The van der Waals surface area contributed by atoms with Crippen LogP contribution in [0.15, 0.2) is 24.3 Å². The van der Waals surface area contributed by atoms with Crippen LogP contribution < -0.4 is 5.32 Å². The molecule has 19 heavy (non-hydrogen) atoms. The minimum absolute atomic E-state index is 0.171. The largest absolute Gasteiger partial charge is 0.306 e. The van der Waals surface area contributed by atoms with Crippen LogP contribution in [-0.2, 0) is 0 Å². The van der Waals surface area contributed by atoms with E-state index in [1.54, 1.807) is 0 Å². The van der Waals surface area contributed by atoms with Crippen molar-refractivity contribution in [3.8, 4) is 0 Å². The zero-order valence-corrected chi connectivity index (χ0v) is 13.6. The van der Waals surface area contributed by atoms with E-state index in [2.05, 4.69) is 32.2 Å². The average molecular weight is 314 g/mol. The molecule has 1 nitrogen and oxygen atoms in total. The summed E-state index contributed by atoms with van der Waals surface area (Å²) in [6, 6.07) is 8.26. The van der Waals surface area contributed by atoms with Crippen molar-refractivity contribution in [2.75, 3.05) is 6.54 Å². The molecule has 0 amide bonds. The Morgan fingerprint density at radius 2 is 1.89 bits per heavy atom. The predicted molar refractivity (Wildman–Crippen MR) is 85.8 cm³/mol. The Morgan fingerprint density at radius 3 is 2.42 bits per heavy atom. The van der Waals surface area contributed by atoms with E-state index in [4.69, 9.17) is 23.2 Å². The Bertz CT molecular complexity index is 578. The summed E-state index contributed by atoms with van der Waals surface area (Å²) in [4.78, 5) is 2.67. The fraction of sp³-hybridized carbons (Fsp3) is 0.333. The molecular weight excluding hydrogens is 297 g/mol. The van der Waals surface area contributed by atoms with Crippen LogP contribution in [0.25, 0.3) is 0 Å². The maximum atomic E-state index is 6.13. The van der Waals surface area contributed by atoms with E-state index in [1.807, 2.05) is 29.5 Å². The lowest BCUT2D eigenvalue weighted by molar-refractivity contribution is 0.630. The van der Waals surface area contributed by atoms with Crippen molar-refractivity contribution in [1.29, 1.82) is 0 Å². The smallest absolute Gasteiger partial charge is 0.0595 e. The fourth-order valence-electron chi connectivity index (χ4n) is 2.24. The van der Waals surface area contributed by atoms with Crippen LogP contribution in [0.5, 0.6) is 0 Å². The minimum atomic E-state index is 0.171. The van der Waals surface area contributed by atoms with Crippen molar-refractivity contribution in [1.82, 2.24) is 5.32 Å². The number of rotatable bonds is 4. The monoisotopic (exact) mass is 313 g/mol. The van der Waals surface area contributed by atoms with E-state index >= 15 is 0 Å². The molecule has 4 heteroatoms. The van der Waals surface area contributed by atoms with Gasteiger partial charge in [-0.1, -0.05) is 36.2 Å². The Hall–Kier alpha value is -0.540. The van der Waals surface area contributed by atoms with E-state index in [0.29, 0.717) is 10.0 Å². The maximum absolute atomic E-state index is 6.13. The molecule has 102 valence electrons.